The highest BCUT2D eigenvalue weighted by atomic mass is 16.5. The van der Waals surface area contributed by atoms with Crippen LogP contribution in [0.15, 0.2) is 133 Å². The molecule has 6 rings (SSSR count). The second kappa shape index (κ2) is 18.1. The molecule has 4 nitrogen and oxygen atoms in total. The predicted octanol–water partition coefficient (Wildman–Crippen LogP) is 12.9. The van der Waals surface area contributed by atoms with Crippen LogP contribution in [0.5, 0.6) is 5.75 Å². The Labute approximate surface area is 340 Å². The molecule has 0 fully saturated rings. The maximum atomic E-state index is 11.2. The van der Waals surface area contributed by atoms with Gasteiger partial charge in [-0.1, -0.05) is 171 Å². The van der Waals surface area contributed by atoms with Gasteiger partial charge in [0.25, 0.3) is 0 Å². The summed E-state index contributed by atoms with van der Waals surface area (Å²) in [6.45, 7) is 16.2. The summed E-state index contributed by atoms with van der Waals surface area (Å²) in [5.74, 6) is 1.71. The van der Waals surface area contributed by atoms with E-state index in [9.17, 15) is 15.3 Å². The summed E-state index contributed by atoms with van der Waals surface area (Å²) >= 11 is 0. The number of hydrogen-bond donors (Lipinski definition) is 3. The van der Waals surface area contributed by atoms with Gasteiger partial charge in [-0.3, -0.25) is 0 Å². The summed E-state index contributed by atoms with van der Waals surface area (Å²) in [6, 6.07) is 46.7. The van der Waals surface area contributed by atoms with Gasteiger partial charge in [0, 0.05) is 11.1 Å². The molecule has 0 saturated carbocycles. The van der Waals surface area contributed by atoms with E-state index in [0.29, 0.717) is 17.6 Å². The van der Waals surface area contributed by atoms with Crippen LogP contribution in [0.1, 0.15) is 113 Å². The number of hydrogen-bond acceptors (Lipinski definition) is 4. The van der Waals surface area contributed by atoms with Gasteiger partial charge in [0.05, 0.1) is 25.2 Å². The lowest BCUT2D eigenvalue weighted by Crippen LogP contribution is -2.43. The average molecular weight is 761 g/mol. The highest BCUT2D eigenvalue weighted by Gasteiger charge is 2.43. The van der Waals surface area contributed by atoms with E-state index in [1.807, 2.05) is 6.07 Å². The normalized spacial score (nSPS) is 12.5. The predicted molar refractivity (Wildman–Crippen MR) is 238 cm³/mol. The van der Waals surface area contributed by atoms with Crippen molar-refractivity contribution in [3.8, 4) is 50.3 Å². The topological polar surface area (TPSA) is 69.9 Å². The molecule has 0 spiro atoms. The molecule has 0 bridgehead atoms. The molecule has 6 aromatic rings. The van der Waals surface area contributed by atoms with Crippen molar-refractivity contribution in [1.82, 2.24) is 0 Å². The molecular formula is C53H60O4. The van der Waals surface area contributed by atoms with Crippen LogP contribution in [0.3, 0.4) is 0 Å². The molecule has 4 heteroatoms. The molecule has 6 aromatic carbocycles. The van der Waals surface area contributed by atoms with E-state index in [2.05, 4.69) is 183 Å². The van der Waals surface area contributed by atoms with Gasteiger partial charge in [-0.05, 0) is 103 Å². The van der Waals surface area contributed by atoms with Gasteiger partial charge >= 0.3 is 0 Å². The second-order valence-electron chi connectivity index (χ2n) is 16.8. The Kier molecular flexibility index (Phi) is 13.2. The molecular weight excluding hydrogens is 701 g/mol. The van der Waals surface area contributed by atoms with E-state index in [0.717, 1.165) is 44.5 Å². The zero-order chi connectivity index (χ0) is 40.9. The first-order valence-corrected chi connectivity index (χ1v) is 20.6. The fourth-order valence-electron chi connectivity index (χ4n) is 8.26. The SMILES string of the molecule is CC(C)c1ccccc1-c1ccc(OC(c2ccc(-c3ccccc3C(C)C)cc2-c2ccccc2C(C)C)C(CO)(CO)CO)c(-c2ccccc2C(C)C)c1. The Balaban J connectivity index is 1.65. The summed E-state index contributed by atoms with van der Waals surface area (Å²) in [7, 11) is 0. The Hall–Kier alpha value is -5.00. The van der Waals surface area contributed by atoms with E-state index in [1.54, 1.807) is 0 Å². The van der Waals surface area contributed by atoms with Gasteiger partial charge in [-0.25, -0.2) is 0 Å². The van der Waals surface area contributed by atoms with Crippen molar-refractivity contribution < 1.29 is 20.1 Å². The van der Waals surface area contributed by atoms with Crippen LogP contribution in [0, 0.1) is 5.41 Å². The number of rotatable bonds is 15. The molecule has 57 heavy (non-hydrogen) atoms. The summed E-state index contributed by atoms with van der Waals surface area (Å²) < 4.78 is 7.32. The second-order valence-corrected chi connectivity index (χ2v) is 16.8. The fourth-order valence-corrected chi connectivity index (χ4v) is 8.26. The smallest absolute Gasteiger partial charge is 0.137 e. The van der Waals surface area contributed by atoms with E-state index >= 15 is 0 Å². The molecule has 0 aliphatic heterocycles. The number of aliphatic hydroxyl groups excluding tert-OH is 3. The molecule has 0 aliphatic carbocycles. The van der Waals surface area contributed by atoms with Gasteiger partial charge in [-0.15, -0.1) is 0 Å². The zero-order valence-electron chi connectivity index (χ0n) is 35.0. The largest absolute Gasteiger partial charge is 0.484 e. The quantitative estimate of drug-likeness (QED) is 0.0975. The van der Waals surface area contributed by atoms with Gasteiger partial charge in [0.2, 0.25) is 0 Å². The van der Waals surface area contributed by atoms with Crippen LogP contribution >= 0.6 is 0 Å². The lowest BCUT2D eigenvalue weighted by molar-refractivity contribution is -0.0738. The Morgan fingerprint density at radius 1 is 0.386 bits per heavy atom. The van der Waals surface area contributed by atoms with Crippen LogP contribution in [-0.4, -0.2) is 35.1 Å². The zero-order valence-corrected chi connectivity index (χ0v) is 35.0. The highest BCUT2D eigenvalue weighted by Crippen LogP contribution is 2.48. The third kappa shape index (κ3) is 8.50. The number of benzene rings is 6. The van der Waals surface area contributed by atoms with Crippen LogP contribution < -0.4 is 4.74 Å². The van der Waals surface area contributed by atoms with Crippen molar-refractivity contribution in [2.75, 3.05) is 19.8 Å². The van der Waals surface area contributed by atoms with E-state index < -0.39 is 31.3 Å². The molecule has 1 unspecified atom stereocenters. The molecule has 296 valence electrons. The van der Waals surface area contributed by atoms with Crippen LogP contribution in [0.25, 0.3) is 44.5 Å². The minimum absolute atomic E-state index is 0.221. The van der Waals surface area contributed by atoms with Gasteiger partial charge in [0.15, 0.2) is 0 Å². The summed E-state index contributed by atoms with van der Waals surface area (Å²) in [5.41, 5.74) is 12.6. The van der Waals surface area contributed by atoms with Crippen molar-refractivity contribution in [3.63, 3.8) is 0 Å². The maximum absolute atomic E-state index is 11.2. The number of aliphatic hydroxyl groups is 3. The van der Waals surface area contributed by atoms with Crippen molar-refractivity contribution in [2.45, 2.75) is 85.2 Å². The maximum Gasteiger partial charge on any atom is 0.137 e. The van der Waals surface area contributed by atoms with Crippen LogP contribution in [0.2, 0.25) is 0 Å². The molecule has 3 N–H and O–H groups in total. The van der Waals surface area contributed by atoms with Gasteiger partial charge in [-0.2, -0.15) is 0 Å². The van der Waals surface area contributed by atoms with E-state index in [1.165, 1.54) is 27.8 Å². The molecule has 1 atom stereocenters. The van der Waals surface area contributed by atoms with E-state index in [-0.39, 0.29) is 11.8 Å². The lowest BCUT2D eigenvalue weighted by Gasteiger charge is -2.38. The lowest BCUT2D eigenvalue weighted by atomic mass is 9.76. The van der Waals surface area contributed by atoms with Crippen molar-refractivity contribution in [2.24, 2.45) is 5.41 Å². The standard InChI is InChI=1S/C53H60O4/c1-34(2)40-17-9-13-21-44(40)38-25-27-48(49(29-38)46-23-15-11-19-42(46)36(5)6)52(53(31-54,32-55)33-56)57-51-28-26-39(45-22-14-10-18-41(45)35(3)4)30-50(51)47-24-16-12-20-43(47)37(7)8/h9-30,34-37,52,54-56H,31-33H2,1-8H3. The minimum Gasteiger partial charge on any atom is -0.484 e. The molecule has 0 radical (unpaired) electrons. The van der Waals surface area contributed by atoms with Crippen molar-refractivity contribution in [3.05, 3.63) is 161 Å². The fraction of sp³-hybridized carbons (Fsp3) is 0.321. The Morgan fingerprint density at radius 3 is 1.16 bits per heavy atom. The van der Waals surface area contributed by atoms with Crippen LogP contribution in [0.4, 0.5) is 0 Å². The van der Waals surface area contributed by atoms with Gasteiger partial charge in [0.1, 0.15) is 11.9 Å². The molecule has 0 saturated heterocycles. The summed E-state index contributed by atoms with van der Waals surface area (Å²) in [5, 5.41) is 33.6. The van der Waals surface area contributed by atoms with Gasteiger partial charge < -0.3 is 20.1 Å². The van der Waals surface area contributed by atoms with Crippen molar-refractivity contribution in [1.29, 1.82) is 0 Å². The number of ether oxygens (including phenoxy) is 1. The average Bonchev–Trinajstić information content (AvgIpc) is 3.23. The first-order chi connectivity index (χ1) is 27.4. The minimum atomic E-state index is -1.43. The van der Waals surface area contributed by atoms with Crippen LogP contribution in [-0.2, 0) is 0 Å². The first-order valence-electron chi connectivity index (χ1n) is 20.6. The van der Waals surface area contributed by atoms with E-state index in [4.69, 9.17) is 4.74 Å². The summed E-state index contributed by atoms with van der Waals surface area (Å²) in [6.07, 6.45) is -0.944. The summed E-state index contributed by atoms with van der Waals surface area (Å²) in [4.78, 5) is 0. The monoisotopic (exact) mass is 760 g/mol. The Morgan fingerprint density at radius 2 is 0.737 bits per heavy atom. The molecule has 0 aliphatic rings. The third-order valence-electron chi connectivity index (χ3n) is 11.6. The third-order valence-corrected chi connectivity index (χ3v) is 11.6. The Bertz CT molecular complexity index is 2270. The van der Waals surface area contributed by atoms with Crippen molar-refractivity contribution >= 4 is 0 Å². The molecule has 0 amide bonds. The highest BCUT2D eigenvalue weighted by molar-refractivity contribution is 5.82. The molecule has 0 heterocycles. The molecule has 0 aromatic heterocycles. The first kappa shape index (κ1) is 41.6.